The van der Waals surface area contributed by atoms with Crippen LogP contribution in [0.25, 0.3) is 0 Å². The summed E-state index contributed by atoms with van der Waals surface area (Å²) < 4.78 is 5.27. The van der Waals surface area contributed by atoms with Crippen LogP contribution in [0.1, 0.15) is 57.6 Å². The van der Waals surface area contributed by atoms with E-state index in [1.54, 1.807) is 0 Å². The van der Waals surface area contributed by atoms with Crippen LogP contribution in [0.5, 0.6) is 0 Å². The summed E-state index contributed by atoms with van der Waals surface area (Å²) in [7, 11) is 0. The van der Waals surface area contributed by atoms with Crippen LogP contribution < -0.4 is 11.1 Å². The van der Waals surface area contributed by atoms with Gasteiger partial charge in [0.05, 0.1) is 0 Å². The lowest BCUT2D eigenvalue weighted by atomic mass is 9.87. The molecule has 0 saturated heterocycles. The number of primary amides is 1. The van der Waals surface area contributed by atoms with Gasteiger partial charge in [0.15, 0.2) is 0 Å². The number of nitrogens with one attached hydrogen (secondary N) is 1. The van der Waals surface area contributed by atoms with Crippen LogP contribution in [0.3, 0.4) is 0 Å². The van der Waals surface area contributed by atoms with Crippen molar-refractivity contribution in [2.75, 3.05) is 6.54 Å². The largest absolute Gasteiger partial charge is 0.461 e. The number of carbonyl (C=O) groups excluding carboxylic acids is 2. The van der Waals surface area contributed by atoms with Crippen molar-refractivity contribution in [2.24, 2.45) is 5.73 Å². The van der Waals surface area contributed by atoms with Crippen molar-refractivity contribution in [2.45, 2.75) is 58.5 Å². The van der Waals surface area contributed by atoms with E-state index in [4.69, 9.17) is 10.5 Å². The van der Waals surface area contributed by atoms with Gasteiger partial charge in [0.25, 0.3) is 0 Å². The number of esters is 1. The Morgan fingerprint density at radius 1 is 1.09 bits per heavy atom. The minimum Gasteiger partial charge on any atom is -0.461 e. The molecule has 0 atom stereocenters. The molecule has 0 aromatic heterocycles. The van der Waals surface area contributed by atoms with Gasteiger partial charge >= 0.3 is 12.0 Å². The highest BCUT2D eigenvalue weighted by Crippen LogP contribution is 2.22. The third kappa shape index (κ3) is 8.24. The fourth-order valence-corrected chi connectivity index (χ4v) is 2.12. The second-order valence-corrected chi connectivity index (χ2v) is 6.71. The fraction of sp³-hybridized carbons (Fsp3) is 0.556. The number of urea groups is 1. The molecule has 0 saturated carbocycles. The molecule has 0 fully saturated rings. The predicted octanol–water partition coefficient (Wildman–Crippen LogP) is 3.26. The zero-order valence-electron chi connectivity index (χ0n) is 14.4. The monoisotopic (exact) mass is 320 g/mol. The van der Waals surface area contributed by atoms with Gasteiger partial charge in [0.1, 0.15) is 6.61 Å². The van der Waals surface area contributed by atoms with Crippen molar-refractivity contribution in [3.63, 3.8) is 0 Å². The summed E-state index contributed by atoms with van der Waals surface area (Å²) >= 11 is 0. The highest BCUT2D eigenvalue weighted by Gasteiger charge is 2.13. The maximum absolute atomic E-state index is 11.7. The minimum absolute atomic E-state index is 0.124. The first kappa shape index (κ1) is 19.0. The summed E-state index contributed by atoms with van der Waals surface area (Å²) in [5, 5.41) is 2.52. The molecule has 23 heavy (non-hydrogen) atoms. The molecule has 128 valence electrons. The molecular weight excluding hydrogens is 292 g/mol. The number of benzene rings is 1. The summed E-state index contributed by atoms with van der Waals surface area (Å²) in [6, 6.07) is 7.65. The Morgan fingerprint density at radius 2 is 1.74 bits per heavy atom. The molecule has 3 N–H and O–H groups in total. The molecule has 1 aromatic rings. The highest BCUT2D eigenvalue weighted by atomic mass is 16.5. The molecule has 0 radical (unpaired) electrons. The molecule has 1 rings (SSSR count). The van der Waals surface area contributed by atoms with Crippen LogP contribution in [0.15, 0.2) is 24.3 Å². The smallest absolute Gasteiger partial charge is 0.312 e. The quantitative estimate of drug-likeness (QED) is 0.570. The van der Waals surface area contributed by atoms with E-state index >= 15 is 0 Å². The lowest BCUT2D eigenvalue weighted by molar-refractivity contribution is -0.145. The first-order chi connectivity index (χ1) is 10.8. The van der Waals surface area contributed by atoms with E-state index in [1.165, 1.54) is 5.56 Å². The highest BCUT2D eigenvalue weighted by molar-refractivity contribution is 5.71. The first-order valence-electron chi connectivity index (χ1n) is 8.07. The molecule has 0 heterocycles. The number of ether oxygens (including phenoxy) is 1. The van der Waals surface area contributed by atoms with Crippen molar-refractivity contribution in [1.82, 2.24) is 5.32 Å². The van der Waals surface area contributed by atoms with Crippen LogP contribution in [0.2, 0.25) is 0 Å². The van der Waals surface area contributed by atoms with Crippen molar-refractivity contribution in [1.29, 1.82) is 0 Å². The molecule has 0 aliphatic heterocycles. The van der Waals surface area contributed by atoms with Crippen LogP contribution in [-0.2, 0) is 21.6 Å². The average molecular weight is 320 g/mol. The average Bonchev–Trinajstić information content (AvgIpc) is 2.48. The molecule has 0 unspecified atom stereocenters. The molecule has 1 aromatic carbocycles. The number of nitrogens with two attached hydrogens (primary N) is 1. The van der Waals surface area contributed by atoms with Gasteiger partial charge < -0.3 is 15.8 Å². The summed E-state index contributed by atoms with van der Waals surface area (Å²) in [6.07, 6.45) is 2.82. The second kappa shape index (κ2) is 9.18. The van der Waals surface area contributed by atoms with E-state index in [0.29, 0.717) is 19.6 Å². The molecule has 5 heteroatoms. The molecular formula is C18H28N2O3. The third-order valence-electron chi connectivity index (χ3n) is 3.58. The molecule has 0 aliphatic rings. The Balaban J connectivity index is 2.19. The van der Waals surface area contributed by atoms with Crippen LogP contribution in [0, 0.1) is 0 Å². The van der Waals surface area contributed by atoms with Crippen LogP contribution in [-0.4, -0.2) is 18.5 Å². The van der Waals surface area contributed by atoms with Gasteiger partial charge in [-0.15, -0.1) is 0 Å². The zero-order chi connectivity index (χ0) is 17.3. The first-order valence-corrected chi connectivity index (χ1v) is 8.07. The molecule has 0 aliphatic carbocycles. The lowest BCUT2D eigenvalue weighted by Crippen LogP contribution is -2.29. The topological polar surface area (TPSA) is 81.4 Å². The SMILES string of the molecule is CC(C)(C)c1ccc(COC(=O)CCCCCNC(N)=O)cc1. The minimum atomic E-state index is -0.512. The Labute approximate surface area is 138 Å². The number of amides is 2. The summed E-state index contributed by atoms with van der Waals surface area (Å²) in [5.41, 5.74) is 7.34. The fourth-order valence-electron chi connectivity index (χ4n) is 2.12. The Hall–Kier alpha value is -2.04. The summed E-state index contributed by atoms with van der Waals surface area (Å²) in [6.45, 7) is 7.36. The van der Waals surface area contributed by atoms with E-state index in [9.17, 15) is 9.59 Å². The molecule has 0 spiro atoms. The van der Waals surface area contributed by atoms with Gasteiger partial charge in [-0.05, 0) is 29.4 Å². The van der Waals surface area contributed by atoms with Crippen molar-refractivity contribution < 1.29 is 14.3 Å². The van der Waals surface area contributed by atoms with Crippen LogP contribution >= 0.6 is 0 Å². The maximum Gasteiger partial charge on any atom is 0.312 e. The van der Waals surface area contributed by atoms with E-state index in [-0.39, 0.29) is 11.4 Å². The lowest BCUT2D eigenvalue weighted by Gasteiger charge is -2.19. The Morgan fingerprint density at radius 3 is 2.30 bits per heavy atom. The standard InChI is InChI=1S/C18H28N2O3/c1-18(2,3)15-10-8-14(9-11-15)13-23-16(21)7-5-4-6-12-20-17(19)22/h8-11H,4-7,12-13H2,1-3H3,(H3,19,20,22). The van der Waals surface area contributed by atoms with Gasteiger partial charge in [0.2, 0.25) is 0 Å². The molecule has 5 nitrogen and oxygen atoms in total. The van der Waals surface area contributed by atoms with Crippen LogP contribution in [0.4, 0.5) is 4.79 Å². The van der Waals surface area contributed by atoms with Gasteiger partial charge in [-0.2, -0.15) is 0 Å². The Bertz CT molecular complexity index is 504. The number of rotatable bonds is 8. The van der Waals surface area contributed by atoms with Gasteiger partial charge in [-0.1, -0.05) is 51.5 Å². The van der Waals surface area contributed by atoms with Crippen molar-refractivity contribution >= 4 is 12.0 Å². The second-order valence-electron chi connectivity index (χ2n) is 6.71. The zero-order valence-corrected chi connectivity index (χ0v) is 14.4. The number of carbonyl (C=O) groups is 2. The van der Waals surface area contributed by atoms with Gasteiger partial charge in [-0.3, -0.25) is 4.79 Å². The number of unbranched alkanes of at least 4 members (excludes halogenated alkanes) is 2. The Kier molecular flexibility index (Phi) is 7.59. The normalized spacial score (nSPS) is 11.1. The molecule has 2 amide bonds. The number of hydrogen-bond donors (Lipinski definition) is 2. The van der Waals surface area contributed by atoms with Gasteiger partial charge in [0, 0.05) is 13.0 Å². The summed E-state index contributed by atoms with van der Waals surface area (Å²) in [5.74, 6) is -0.187. The molecule has 0 bridgehead atoms. The van der Waals surface area contributed by atoms with E-state index in [2.05, 4.69) is 38.2 Å². The predicted molar refractivity (Wildman–Crippen MR) is 91.0 cm³/mol. The maximum atomic E-state index is 11.7. The third-order valence-corrected chi connectivity index (χ3v) is 3.58. The van der Waals surface area contributed by atoms with E-state index in [1.807, 2.05) is 12.1 Å². The van der Waals surface area contributed by atoms with E-state index in [0.717, 1.165) is 24.8 Å². The number of hydrogen-bond acceptors (Lipinski definition) is 3. The van der Waals surface area contributed by atoms with E-state index < -0.39 is 6.03 Å². The van der Waals surface area contributed by atoms with Crippen molar-refractivity contribution in [3.8, 4) is 0 Å². The van der Waals surface area contributed by atoms with Gasteiger partial charge in [-0.25, -0.2) is 4.79 Å². The summed E-state index contributed by atoms with van der Waals surface area (Å²) in [4.78, 5) is 22.1. The van der Waals surface area contributed by atoms with Crippen molar-refractivity contribution in [3.05, 3.63) is 35.4 Å².